The minimum Gasteiger partial charge on any atom is -0.383 e. The third-order valence-electron chi connectivity index (χ3n) is 3.44. The highest BCUT2D eigenvalue weighted by molar-refractivity contribution is 8.13. The third-order valence-corrected chi connectivity index (χ3v) is 5.47. The second-order valence-corrected chi connectivity index (χ2v) is 11.3. The first-order valence-corrected chi connectivity index (χ1v) is 14.3. The smallest absolute Gasteiger partial charge is 0.306 e. The lowest BCUT2D eigenvalue weighted by Gasteiger charge is -2.04. The van der Waals surface area contributed by atoms with Crippen LogP contribution in [0, 0.1) is 0 Å². The Morgan fingerprint density at radius 1 is 0.806 bits per heavy atom. The Labute approximate surface area is 194 Å². The quantitative estimate of drug-likeness (QED) is 0.408. The molecular formula is C20H26O7S4. The van der Waals surface area contributed by atoms with E-state index in [0.717, 1.165) is 48.0 Å². The molecule has 0 heterocycles. The molecule has 11 heteroatoms. The summed E-state index contributed by atoms with van der Waals surface area (Å²) in [5, 5.41) is 0.0991. The molecule has 7 nitrogen and oxygen atoms in total. The van der Waals surface area contributed by atoms with Gasteiger partial charge in [0.2, 0.25) is 0 Å². The molecule has 0 aliphatic heterocycles. The van der Waals surface area contributed by atoms with E-state index in [2.05, 4.69) is 16.8 Å². The molecule has 31 heavy (non-hydrogen) atoms. The van der Waals surface area contributed by atoms with E-state index in [1.807, 2.05) is 12.1 Å². The summed E-state index contributed by atoms with van der Waals surface area (Å²) < 4.78 is 52.7. The highest BCUT2D eigenvalue weighted by atomic mass is 32.2. The Morgan fingerprint density at radius 3 is 1.52 bits per heavy atom. The lowest BCUT2D eigenvalue weighted by molar-refractivity contribution is -0.109. The van der Waals surface area contributed by atoms with Gasteiger partial charge in [0.1, 0.15) is 11.5 Å². The highest BCUT2D eigenvalue weighted by Crippen LogP contribution is 2.16. The molecule has 0 aliphatic carbocycles. The Kier molecular flexibility index (Phi) is 11.5. The molecule has 2 rings (SSSR count). The second-order valence-electron chi connectivity index (χ2n) is 6.43. The molecule has 0 amide bonds. The first kappa shape index (κ1) is 27.3. The number of rotatable bonds is 9. The maximum atomic E-state index is 10.9. The van der Waals surface area contributed by atoms with Gasteiger partial charge in [0.15, 0.2) is 5.12 Å². The van der Waals surface area contributed by atoms with E-state index in [1.54, 1.807) is 36.4 Å². The molecule has 2 aromatic rings. The number of hydrogen-bond acceptors (Lipinski definition) is 9. The van der Waals surface area contributed by atoms with Crippen LogP contribution < -0.4 is 8.37 Å². The first-order chi connectivity index (χ1) is 14.4. The number of carbonyl (C=O) groups is 1. The Balaban J connectivity index is 0.000000316. The van der Waals surface area contributed by atoms with Crippen molar-refractivity contribution in [3.8, 4) is 11.5 Å². The monoisotopic (exact) mass is 506 g/mol. The predicted octanol–water partition coefficient (Wildman–Crippen LogP) is 3.34. The number of thiol groups is 1. The standard InChI is InChI=1S/C11H14O4S2.C9H12O3S2/c1-9(12)16-8-7-10-3-5-11(6-4-10)15-17(2,13)14;1-14(10,11)12-9-4-2-8(3-5-9)6-7-13/h3-6H,7-8H2,1-2H3;2-5,13H,6-7H2,1H3. The summed E-state index contributed by atoms with van der Waals surface area (Å²) in [6.07, 6.45) is 3.66. The van der Waals surface area contributed by atoms with Crippen molar-refractivity contribution in [2.24, 2.45) is 0 Å². The molecular weight excluding hydrogens is 480 g/mol. The maximum absolute atomic E-state index is 10.9. The Bertz CT molecular complexity index is 1030. The van der Waals surface area contributed by atoms with E-state index in [9.17, 15) is 21.6 Å². The van der Waals surface area contributed by atoms with Gasteiger partial charge in [-0.2, -0.15) is 29.5 Å². The van der Waals surface area contributed by atoms with Crippen LogP contribution >= 0.6 is 24.4 Å². The highest BCUT2D eigenvalue weighted by Gasteiger charge is 2.04. The van der Waals surface area contributed by atoms with Crippen LogP contribution in [-0.2, 0) is 37.9 Å². The average molecular weight is 507 g/mol. The van der Waals surface area contributed by atoms with Crippen molar-refractivity contribution in [2.45, 2.75) is 19.8 Å². The van der Waals surface area contributed by atoms with Crippen LogP contribution in [0.5, 0.6) is 11.5 Å². The lowest BCUT2D eigenvalue weighted by atomic mass is 10.2. The summed E-state index contributed by atoms with van der Waals surface area (Å²) in [7, 11) is -6.88. The lowest BCUT2D eigenvalue weighted by Crippen LogP contribution is -2.05. The van der Waals surface area contributed by atoms with Gasteiger partial charge in [0.25, 0.3) is 0 Å². The molecule has 0 aliphatic rings. The Morgan fingerprint density at radius 2 is 1.19 bits per heavy atom. The van der Waals surface area contributed by atoms with Crippen molar-refractivity contribution in [1.29, 1.82) is 0 Å². The van der Waals surface area contributed by atoms with E-state index in [4.69, 9.17) is 4.18 Å². The van der Waals surface area contributed by atoms with Crippen molar-refractivity contribution in [2.75, 3.05) is 24.0 Å². The average Bonchev–Trinajstić information content (AvgIpc) is 2.63. The van der Waals surface area contributed by atoms with Crippen LogP contribution in [0.15, 0.2) is 48.5 Å². The topological polar surface area (TPSA) is 104 Å². The van der Waals surface area contributed by atoms with E-state index in [0.29, 0.717) is 11.5 Å². The number of thioether (sulfide) groups is 1. The molecule has 2 aromatic carbocycles. The fraction of sp³-hybridized carbons (Fsp3) is 0.350. The largest absolute Gasteiger partial charge is 0.383 e. The van der Waals surface area contributed by atoms with Crippen molar-refractivity contribution in [3.63, 3.8) is 0 Å². The summed E-state index contributed by atoms with van der Waals surface area (Å²) in [5.41, 5.74) is 2.15. The van der Waals surface area contributed by atoms with Gasteiger partial charge in [-0.3, -0.25) is 4.79 Å². The molecule has 0 radical (unpaired) electrons. The number of aryl methyl sites for hydroxylation is 2. The summed E-state index contributed by atoms with van der Waals surface area (Å²) >= 11 is 5.37. The molecule has 0 N–H and O–H groups in total. The summed E-state index contributed by atoms with van der Waals surface area (Å²) in [6, 6.07) is 13.7. The first-order valence-electron chi connectivity index (χ1n) is 9.09. The SMILES string of the molecule is CC(=O)SCCc1ccc(OS(C)(=O)=O)cc1.CS(=O)(=O)Oc1ccc(CCS)cc1. The van der Waals surface area contributed by atoms with Crippen LogP contribution in [0.4, 0.5) is 0 Å². The molecule has 0 aromatic heterocycles. The zero-order chi connectivity index (χ0) is 23.5. The molecule has 0 saturated carbocycles. The maximum Gasteiger partial charge on any atom is 0.306 e. The van der Waals surface area contributed by atoms with Gasteiger partial charge in [-0.25, -0.2) is 0 Å². The zero-order valence-corrected chi connectivity index (χ0v) is 20.8. The Hall–Kier alpha value is -1.69. The third kappa shape index (κ3) is 14.1. The van der Waals surface area contributed by atoms with Gasteiger partial charge in [0.05, 0.1) is 12.5 Å². The summed E-state index contributed by atoms with van der Waals surface area (Å²) in [4.78, 5) is 10.7. The van der Waals surface area contributed by atoms with Gasteiger partial charge in [0, 0.05) is 12.7 Å². The minimum atomic E-state index is -3.47. The second kappa shape index (κ2) is 13.0. The summed E-state index contributed by atoms with van der Waals surface area (Å²) in [6.45, 7) is 1.54. The number of benzene rings is 2. The molecule has 0 fully saturated rings. The molecule has 0 unspecified atom stereocenters. The fourth-order valence-electron chi connectivity index (χ4n) is 2.21. The minimum absolute atomic E-state index is 0.0991. The zero-order valence-electron chi connectivity index (χ0n) is 17.5. The summed E-state index contributed by atoms with van der Waals surface area (Å²) in [5.74, 6) is 2.14. The molecule has 0 spiro atoms. The molecule has 0 saturated heterocycles. The van der Waals surface area contributed by atoms with Crippen molar-refractivity contribution in [1.82, 2.24) is 0 Å². The van der Waals surface area contributed by atoms with Gasteiger partial charge >= 0.3 is 20.2 Å². The van der Waals surface area contributed by atoms with Crippen LogP contribution in [0.2, 0.25) is 0 Å². The van der Waals surface area contributed by atoms with Gasteiger partial charge < -0.3 is 8.37 Å². The molecule has 0 bridgehead atoms. The molecule has 0 atom stereocenters. The van der Waals surface area contributed by atoms with E-state index >= 15 is 0 Å². The fourth-order valence-corrected chi connectivity index (χ4v) is 4.02. The van der Waals surface area contributed by atoms with Gasteiger partial charge in [-0.15, -0.1) is 0 Å². The van der Waals surface area contributed by atoms with Gasteiger partial charge in [-0.1, -0.05) is 36.0 Å². The van der Waals surface area contributed by atoms with E-state index < -0.39 is 20.2 Å². The number of hydrogen-bond donors (Lipinski definition) is 1. The number of carbonyl (C=O) groups excluding carboxylic acids is 1. The van der Waals surface area contributed by atoms with E-state index in [1.165, 1.54) is 18.7 Å². The van der Waals surface area contributed by atoms with Crippen LogP contribution in [0.1, 0.15) is 18.1 Å². The predicted molar refractivity (Wildman–Crippen MR) is 128 cm³/mol. The van der Waals surface area contributed by atoms with Crippen LogP contribution in [0.25, 0.3) is 0 Å². The van der Waals surface area contributed by atoms with E-state index in [-0.39, 0.29) is 5.12 Å². The van der Waals surface area contributed by atoms with Gasteiger partial charge in [-0.05, 0) is 54.0 Å². The van der Waals surface area contributed by atoms with Crippen molar-refractivity contribution in [3.05, 3.63) is 59.7 Å². The van der Waals surface area contributed by atoms with Crippen molar-refractivity contribution >= 4 is 49.7 Å². The normalized spacial score (nSPS) is 11.2. The van der Waals surface area contributed by atoms with Crippen molar-refractivity contribution < 1.29 is 30.0 Å². The van der Waals surface area contributed by atoms with Crippen LogP contribution in [-0.4, -0.2) is 46.0 Å². The van der Waals surface area contributed by atoms with Crippen LogP contribution in [0.3, 0.4) is 0 Å². The molecule has 172 valence electrons.